The van der Waals surface area contributed by atoms with Crippen LogP contribution in [0.25, 0.3) is 0 Å². The van der Waals surface area contributed by atoms with E-state index in [0.29, 0.717) is 5.02 Å². The number of Topliss-reactive ketones (excluding diaryl/α,β-unsaturated/α-hetero) is 1. The van der Waals surface area contributed by atoms with E-state index in [1.54, 1.807) is 19.2 Å². The number of halogens is 1. The molecule has 0 amide bonds. The third-order valence-corrected chi connectivity index (χ3v) is 3.37. The van der Waals surface area contributed by atoms with Gasteiger partial charge in [-0.25, -0.2) is 4.98 Å². The lowest BCUT2D eigenvalue weighted by atomic mass is 10.2. The molecule has 4 heteroatoms. The molecule has 1 heterocycles. The Morgan fingerprint density at radius 3 is 2.41 bits per heavy atom. The van der Waals surface area contributed by atoms with Gasteiger partial charge in [-0.2, -0.15) is 0 Å². The highest BCUT2D eigenvalue weighted by Crippen LogP contribution is 2.26. The second-order valence-corrected chi connectivity index (χ2v) is 5.03. The van der Waals surface area contributed by atoms with Crippen LogP contribution < -0.4 is 0 Å². The Morgan fingerprint density at radius 2 is 1.88 bits per heavy atom. The molecule has 2 aromatic rings. The molecule has 0 aliphatic heterocycles. The molecule has 0 atom stereocenters. The first-order valence-corrected chi connectivity index (χ1v) is 6.25. The van der Waals surface area contributed by atoms with Crippen molar-refractivity contribution in [1.82, 2.24) is 4.98 Å². The Morgan fingerprint density at radius 1 is 1.18 bits per heavy atom. The lowest BCUT2D eigenvalue weighted by Gasteiger charge is -2.01. The number of carbonyl (C=O) groups is 1. The van der Waals surface area contributed by atoms with Gasteiger partial charge < -0.3 is 0 Å². The highest BCUT2D eigenvalue weighted by atomic mass is 35.5. The largest absolute Gasteiger partial charge is 0.295 e. The van der Waals surface area contributed by atoms with E-state index >= 15 is 0 Å². The van der Waals surface area contributed by atoms with E-state index in [1.807, 2.05) is 30.3 Å². The van der Waals surface area contributed by atoms with Crippen LogP contribution in [0.2, 0.25) is 5.02 Å². The molecule has 0 saturated heterocycles. The van der Waals surface area contributed by atoms with Crippen LogP contribution in [0.1, 0.15) is 17.3 Å². The van der Waals surface area contributed by atoms with Crippen LogP contribution in [0.3, 0.4) is 0 Å². The van der Waals surface area contributed by atoms with Gasteiger partial charge in [0.2, 0.25) is 0 Å². The van der Waals surface area contributed by atoms with Crippen LogP contribution in [0, 0.1) is 0 Å². The number of aromatic nitrogens is 1. The minimum atomic E-state index is 0.0752. The van der Waals surface area contributed by atoms with Gasteiger partial charge in [0.1, 0.15) is 5.03 Å². The summed E-state index contributed by atoms with van der Waals surface area (Å²) in [6.07, 6.45) is 1.62. The van der Waals surface area contributed by atoms with Crippen molar-refractivity contribution < 1.29 is 4.79 Å². The van der Waals surface area contributed by atoms with E-state index in [9.17, 15) is 4.79 Å². The summed E-state index contributed by atoms with van der Waals surface area (Å²) in [7, 11) is 0. The van der Waals surface area contributed by atoms with Crippen molar-refractivity contribution in [3.05, 3.63) is 53.2 Å². The van der Waals surface area contributed by atoms with E-state index < -0.39 is 0 Å². The first kappa shape index (κ1) is 12.1. The highest BCUT2D eigenvalue weighted by molar-refractivity contribution is 7.99. The van der Waals surface area contributed by atoms with Crippen molar-refractivity contribution in [2.45, 2.75) is 16.8 Å². The number of ketones is 1. The second-order valence-electron chi connectivity index (χ2n) is 3.50. The zero-order valence-corrected chi connectivity index (χ0v) is 10.8. The summed E-state index contributed by atoms with van der Waals surface area (Å²) in [5.41, 5.74) is 0.721. The van der Waals surface area contributed by atoms with Gasteiger partial charge in [0.05, 0.1) is 5.02 Å². The minimum Gasteiger partial charge on any atom is -0.295 e. The third kappa shape index (κ3) is 3.32. The summed E-state index contributed by atoms with van der Waals surface area (Å²) in [6, 6.07) is 11.1. The molecule has 86 valence electrons. The standard InChI is InChI=1S/C13H10ClNOS/c1-9(16)10-2-5-12(6-3-10)17-13-7-4-11(14)8-15-13/h2-8H,1H3. The van der Waals surface area contributed by atoms with Gasteiger partial charge in [-0.05, 0) is 31.2 Å². The highest BCUT2D eigenvalue weighted by Gasteiger charge is 2.01. The van der Waals surface area contributed by atoms with E-state index in [1.165, 1.54) is 11.8 Å². The maximum atomic E-state index is 11.1. The first-order valence-electron chi connectivity index (χ1n) is 5.05. The van der Waals surface area contributed by atoms with Crippen molar-refractivity contribution in [3.8, 4) is 0 Å². The average Bonchev–Trinajstić information content (AvgIpc) is 2.33. The first-order chi connectivity index (χ1) is 8.15. The molecule has 1 aromatic heterocycles. The number of pyridine rings is 1. The van der Waals surface area contributed by atoms with E-state index in [0.717, 1.165) is 15.5 Å². The lowest BCUT2D eigenvalue weighted by molar-refractivity contribution is 0.101. The molecule has 0 N–H and O–H groups in total. The number of hydrogen-bond donors (Lipinski definition) is 0. The number of hydrogen-bond acceptors (Lipinski definition) is 3. The summed E-state index contributed by atoms with van der Waals surface area (Å²) >= 11 is 7.30. The molecule has 0 aliphatic rings. The summed E-state index contributed by atoms with van der Waals surface area (Å²) in [6.45, 7) is 1.56. The molecule has 0 saturated carbocycles. The van der Waals surface area contributed by atoms with Crippen molar-refractivity contribution in [2.24, 2.45) is 0 Å². The zero-order valence-electron chi connectivity index (χ0n) is 9.18. The van der Waals surface area contributed by atoms with Gasteiger partial charge in [0.15, 0.2) is 5.78 Å². The lowest BCUT2D eigenvalue weighted by Crippen LogP contribution is -1.90. The number of nitrogens with zero attached hydrogens (tertiary/aromatic N) is 1. The maximum Gasteiger partial charge on any atom is 0.159 e. The van der Waals surface area contributed by atoms with Crippen LogP contribution in [0.5, 0.6) is 0 Å². The van der Waals surface area contributed by atoms with E-state index in [4.69, 9.17) is 11.6 Å². The minimum absolute atomic E-state index is 0.0752. The Hall–Kier alpha value is -1.32. The molecule has 0 radical (unpaired) electrons. The van der Waals surface area contributed by atoms with Gasteiger partial charge in [-0.15, -0.1) is 0 Å². The average molecular weight is 264 g/mol. The monoisotopic (exact) mass is 263 g/mol. The number of benzene rings is 1. The summed E-state index contributed by atoms with van der Waals surface area (Å²) in [4.78, 5) is 16.4. The quantitative estimate of drug-likeness (QED) is 0.782. The Labute approximate surface area is 109 Å². The molecule has 1 aromatic carbocycles. The van der Waals surface area contributed by atoms with Gasteiger partial charge >= 0.3 is 0 Å². The van der Waals surface area contributed by atoms with Crippen LogP contribution >= 0.6 is 23.4 Å². The predicted octanol–water partition coefficient (Wildman–Crippen LogP) is 4.09. The van der Waals surface area contributed by atoms with Crippen molar-refractivity contribution in [3.63, 3.8) is 0 Å². The van der Waals surface area contributed by atoms with Crippen LogP contribution in [-0.2, 0) is 0 Å². The van der Waals surface area contributed by atoms with Crippen LogP contribution in [0.15, 0.2) is 52.5 Å². The van der Waals surface area contributed by atoms with Gasteiger partial charge in [0.25, 0.3) is 0 Å². The fourth-order valence-electron chi connectivity index (χ4n) is 1.30. The third-order valence-electron chi connectivity index (χ3n) is 2.18. The fourth-order valence-corrected chi connectivity index (χ4v) is 2.17. The Kier molecular flexibility index (Phi) is 3.82. The molecule has 0 spiro atoms. The second kappa shape index (κ2) is 5.34. The van der Waals surface area contributed by atoms with Gasteiger partial charge in [0, 0.05) is 16.7 Å². The molecule has 0 unspecified atom stereocenters. The predicted molar refractivity (Wildman–Crippen MR) is 69.8 cm³/mol. The molecule has 0 aliphatic carbocycles. The van der Waals surface area contributed by atoms with Crippen molar-refractivity contribution in [2.75, 3.05) is 0 Å². The van der Waals surface area contributed by atoms with Crippen molar-refractivity contribution in [1.29, 1.82) is 0 Å². The molecule has 2 rings (SSSR count). The molecule has 2 nitrogen and oxygen atoms in total. The normalized spacial score (nSPS) is 10.2. The Bertz CT molecular complexity index is 522. The number of carbonyl (C=O) groups excluding carboxylic acids is 1. The summed E-state index contributed by atoms with van der Waals surface area (Å²) in [5.74, 6) is 0.0752. The van der Waals surface area contributed by atoms with Crippen molar-refractivity contribution >= 4 is 29.1 Å². The summed E-state index contributed by atoms with van der Waals surface area (Å²) < 4.78 is 0. The molecule has 0 fully saturated rings. The van der Waals surface area contributed by atoms with Gasteiger partial charge in [-0.1, -0.05) is 35.5 Å². The van der Waals surface area contributed by atoms with Gasteiger partial charge in [-0.3, -0.25) is 4.79 Å². The SMILES string of the molecule is CC(=O)c1ccc(Sc2ccc(Cl)cn2)cc1. The molecular weight excluding hydrogens is 254 g/mol. The smallest absolute Gasteiger partial charge is 0.159 e. The van der Waals surface area contributed by atoms with E-state index in [2.05, 4.69) is 4.98 Å². The molecular formula is C13H10ClNOS. The van der Waals surface area contributed by atoms with Crippen LogP contribution in [-0.4, -0.2) is 10.8 Å². The topological polar surface area (TPSA) is 30.0 Å². The maximum absolute atomic E-state index is 11.1. The van der Waals surface area contributed by atoms with E-state index in [-0.39, 0.29) is 5.78 Å². The fraction of sp³-hybridized carbons (Fsp3) is 0.0769. The number of rotatable bonds is 3. The van der Waals surface area contributed by atoms with Crippen LogP contribution in [0.4, 0.5) is 0 Å². The molecule has 17 heavy (non-hydrogen) atoms. The molecule has 0 bridgehead atoms. The zero-order chi connectivity index (χ0) is 12.3. The summed E-state index contributed by atoms with van der Waals surface area (Å²) in [5, 5.41) is 1.51. The Balaban J connectivity index is 2.13.